The number of nitrogens with zero attached hydrogens (tertiary/aromatic N) is 6. The van der Waals surface area contributed by atoms with E-state index < -0.39 is 0 Å². The van der Waals surface area contributed by atoms with Gasteiger partial charge in [-0.1, -0.05) is 11.6 Å². The van der Waals surface area contributed by atoms with Crippen LogP contribution in [0.25, 0.3) is 0 Å². The van der Waals surface area contributed by atoms with E-state index >= 15 is 0 Å². The second-order valence-corrected chi connectivity index (χ2v) is 7.81. The van der Waals surface area contributed by atoms with E-state index in [9.17, 15) is 0 Å². The Morgan fingerprint density at radius 2 is 2.07 bits per heavy atom. The third-order valence-electron chi connectivity index (χ3n) is 5.34. The SMILES string of the molecule is COCCOC1=CC(Cl)=C(C)N2NC(CCc3nc(N4CCCC4)nn3C)N=C12. The maximum absolute atomic E-state index is 6.38. The minimum atomic E-state index is -0.0797. The number of ether oxygens (including phenoxy) is 2. The van der Waals surface area contributed by atoms with Gasteiger partial charge in [0.25, 0.3) is 0 Å². The van der Waals surface area contributed by atoms with Crippen LogP contribution in [0.2, 0.25) is 0 Å². The van der Waals surface area contributed by atoms with Gasteiger partial charge in [0, 0.05) is 39.7 Å². The van der Waals surface area contributed by atoms with Gasteiger partial charge in [0.2, 0.25) is 5.95 Å². The van der Waals surface area contributed by atoms with Gasteiger partial charge in [0.1, 0.15) is 18.6 Å². The van der Waals surface area contributed by atoms with Crippen molar-refractivity contribution in [1.29, 1.82) is 0 Å². The number of aromatic nitrogens is 3. The molecule has 1 fully saturated rings. The molecule has 1 aromatic heterocycles. The fourth-order valence-corrected chi connectivity index (χ4v) is 3.86. The normalized spacial score (nSPS) is 21.6. The number of allylic oxidation sites excluding steroid dienone is 3. The van der Waals surface area contributed by atoms with Crippen LogP contribution in [-0.4, -0.2) is 65.2 Å². The fourth-order valence-electron chi connectivity index (χ4n) is 3.67. The van der Waals surface area contributed by atoms with Crippen LogP contribution in [0.3, 0.4) is 0 Å². The highest BCUT2D eigenvalue weighted by molar-refractivity contribution is 6.32. The molecule has 3 aliphatic heterocycles. The van der Waals surface area contributed by atoms with Crippen molar-refractivity contribution in [2.75, 3.05) is 38.3 Å². The molecule has 1 unspecified atom stereocenters. The summed E-state index contributed by atoms with van der Waals surface area (Å²) in [4.78, 5) is 11.8. The lowest BCUT2D eigenvalue weighted by atomic mass is 10.2. The predicted octanol–water partition coefficient (Wildman–Crippen LogP) is 1.92. The number of halogens is 1. The Morgan fingerprint density at radius 1 is 1.28 bits per heavy atom. The monoisotopic (exact) mass is 421 g/mol. The summed E-state index contributed by atoms with van der Waals surface area (Å²) in [6, 6.07) is 0. The highest BCUT2D eigenvalue weighted by atomic mass is 35.5. The van der Waals surface area contributed by atoms with Crippen molar-refractivity contribution >= 4 is 23.4 Å². The number of hydrogen-bond donors (Lipinski definition) is 1. The predicted molar refractivity (Wildman–Crippen MR) is 111 cm³/mol. The molecule has 1 aromatic rings. The number of anilines is 1. The molecule has 10 heteroatoms. The van der Waals surface area contributed by atoms with Crippen LogP contribution in [0.4, 0.5) is 5.95 Å². The molecule has 3 aliphatic rings. The maximum atomic E-state index is 6.38. The highest BCUT2D eigenvalue weighted by Gasteiger charge is 2.33. The van der Waals surface area contributed by atoms with Crippen LogP contribution in [-0.2, 0) is 22.9 Å². The Kier molecular flexibility index (Phi) is 6.07. The molecule has 0 radical (unpaired) electrons. The topological polar surface area (TPSA) is 80.0 Å². The first-order chi connectivity index (χ1) is 14.1. The first kappa shape index (κ1) is 20.2. The number of nitrogens with one attached hydrogen (secondary N) is 1. The van der Waals surface area contributed by atoms with E-state index in [1.54, 1.807) is 7.11 Å². The molecule has 158 valence electrons. The van der Waals surface area contributed by atoms with Crippen molar-refractivity contribution in [2.24, 2.45) is 12.0 Å². The van der Waals surface area contributed by atoms with Crippen molar-refractivity contribution in [1.82, 2.24) is 25.2 Å². The van der Waals surface area contributed by atoms with E-state index in [2.05, 4.69) is 15.4 Å². The van der Waals surface area contributed by atoms with E-state index in [0.29, 0.717) is 24.0 Å². The summed E-state index contributed by atoms with van der Waals surface area (Å²) < 4.78 is 12.8. The van der Waals surface area contributed by atoms with Crippen LogP contribution in [0, 0.1) is 0 Å². The molecule has 0 aliphatic carbocycles. The van der Waals surface area contributed by atoms with Gasteiger partial charge < -0.3 is 14.4 Å². The van der Waals surface area contributed by atoms with Crippen molar-refractivity contribution in [3.05, 3.63) is 28.4 Å². The fraction of sp³-hybridized carbons (Fsp3) is 0.632. The van der Waals surface area contributed by atoms with Gasteiger partial charge in [-0.05, 0) is 26.2 Å². The maximum Gasteiger partial charge on any atom is 0.244 e. The summed E-state index contributed by atoms with van der Waals surface area (Å²) in [6.07, 6.45) is 5.73. The van der Waals surface area contributed by atoms with Crippen LogP contribution in [0.15, 0.2) is 27.6 Å². The highest BCUT2D eigenvalue weighted by Crippen LogP contribution is 2.28. The van der Waals surface area contributed by atoms with E-state index in [4.69, 9.17) is 31.1 Å². The van der Waals surface area contributed by atoms with Gasteiger partial charge in [-0.25, -0.2) is 10.4 Å². The Bertz CT molecular complexity index is 842. The third kappa shape index (κ3) is 4.26. The van der Waals surface area contributed by atoms with Crippen LogP contribution >= 0.6 is 11.6 Å². The average molecular weight is 422 g/mol. The zero-order chi connectivity index (χ0) is 20.4. The Labute approximate surface area is 176 Å². The number of hydrazine groups is 1. The number of rotatable bonds is 8. The molecule has 4 rings (SSSR count). The molecule has 9 nitrogen and oxygen atoms in total. The second kappa shape index (κ2) is 8.73. The quantitative estimate of drug-likeness (QED) is 0.642. The number of hydrogen-bond acceptors (Lipinski definition) is 8. The van der Waals surface area contributed by atoms with Crippen molar-refractivity contribution < 1.29 is 9.47 Å². The number of methoxy groups -OCH3 is 1. The van der Waals surface area contributed by atoms with Crippen LogP contribution < -0.4 is 10.3 Å². The Hall–Kier alpha value is -2.10. The third-order valence-corrected chi connectivity index (χ3v) is 5.73. The lowest BCUT2D eigenvalue weighted by Crippen LogP contribution is -2.41. The standard InChI is InChI=1S/C19H28ClN7O2/c1-13-14(20)12-15(29-11-10-28-3)18-21-16(23-27(13)18)6-7-17-22-19(24-25(17)2)26-8-4-5-9-26/h12,16,23H,4-11H2,1-3H3. The zero-order valence-electron chi connectivity index (χ0n) is 17.2. The lowest BCUT2D eigenvalue weighted by Gasteiger charge is -2.27. The molecular formula is C19H28ClN7O2. The summed E-state index contributed by atoms with van der Waals surface area (Å²) in [5.74, 6) is 3.22. The molecular weight excluding hydrogens is 394 g/mol. The van der Waals surface area contributed by atoms with Gasteiger partial charge >= 0.3 is 0 Å². The van der Waals surface area contributed by atoms with Crippen LogP contribution in [0.5, 0.6) is 0 Å². The van der Waals surface area contributed by atoms with Crippen molar-refractivity contribution in [3.63, 3.8) is 0 Å². The summed E-state index contributed by atoms with van der Waals surface area (Å²) in [7, 11) is 3.60. The molecule has 1 N–H and O–H groups in total. The van der Waals surface area contributed by atoms with Gasteiger partial charge in [0.05, 0.1) is 17.3 Å². The number of fused-ring (bicyclic) bond motifs is 1. The molecule has 0 amide bonds. The van der Waals surface area contributed by atoms with Crippen molar-refractivity contribution in [3.8, 4) is 0 Å². The Morgan fingerprint density at radius 3 is 2.83 bits per heavy atom. The minimum absolute atomic E-state index is 0.0797. The van der Waals surface area contributed by atoms with E-state index in [1.807, 2.05) is 29.7 Å². The molecule has 1 atom stereocenters. The van der Waals surface area contributed by atoms with Gasteiger partial charge in [-0.3, -0.25) is 9.69 Å². The minimum Gasteiger partial charge on any atom is -0.487 e. The Balaban J connectivity index is 1.41. The van der Waals surface area contributed by atoms with Gasteiger partial charge in [-0.15, -0.1) is 5.10 Å². The van der Waals surface area contributed by atoms with E-state index in [1.165, 1.54) is 12.8 Å². The summed E-state index contributed by atoms with van der Waals surface area (Å²) >= 11 is 6.38. The van der Waals surface area contributed by atoms with Gasteiger partial charge in [0.15, 0.2) is 11.6 Å². The van der Waals surface area contributed by atoms with Crippen LogP contribution in [0.1, 0.15) is 32.0 Å². The molecule has 1 saturated heterocycles. The first-order valence-corrected chi connectivity index (χ1v) is 10.4. The smallest absolute Gasteiger partial charge is 0.244 e. The van der Waals surface area contributed by atoms with Gasteiger partial charge in [-0.2, -0.15) is 4.98 Å². The number of amidine groups is 1. The molecule has 0 saturated carbocycles. The molecule has 29 heavy (non-hydrogen) atoms. The summed E-state index contributed by atoms with van der Waals surface area (Å²) in [6.45, 7) is 5.00. The lowest BCUT2D eigenvalue weighted by molar-refractivity contribution is 0.115. The molecule has 0 spiro atoms. The largest absolute Gasteiger partial charge is 0.487 e. The molecule has 0 aromatic carbocycles. The first-order valence-electron chi connectivity index (χ1n) is 10.1. The zero-order valence-corrected chi connectivity index (χ0v) is 17.9. The molecule has 4 heterocycles. The van der Waals surface area contributed by atoms with E-state index in [-0.39, 0.29) is 6.17 Å². The van der Waals surface area contributed by atoms with Crippen molar-refractivity contribution in [2.45, 2.75) is 38.8 Å². The second-order valence-electron chi connectivity index (χ2n) is 7.40. The van der Waals surface area contributed by atoms with E-state index in [0.717, 1.165) is 49.2 Å². The molecule has 0 bridgehead atoms. The summed E-state index contributed by atoms with van der Waals surface area (Å²) in [5.41, 5.74) is 4.32. The number of aliphatic imine (C=N–C) groups is 1. The average Bonchev–Trinajstić information content (AvgIpc) is 3.44. The summed E-state index contributed by atoms with van der Waals surface area (Å²) in [5, 5.41) is 7.12. The number of aryl methyl sites for hydroxylation is 2.